The molecule has 3 aromatic rings. The Balaban J connectivity index is 1.54. The molecule has 1 aliphatic rings. The molecule has 0 radical (unpaired) electrons. The van der Waals surface area contributed by atoms with Crippen LogP contribution in [0.4, 0.5) is 4.39 Å². The lowest BCUT2D eigenvalue weighted by Crippen LogP contribution is -2.40. The van der Waals surface area contributed by atoms with Gasteiger partial charge in [0.1, 0.15) is 11.6 Å². The van der Waals surface area contributed by atoms with Crippen LogP contribution in [0, 0.1) is 5.82 Å². The number of hydrogen-bond acceptors (Lipinski definition) is 5. The SMILES string of the molecule is CC(Sc1nnc(C(C)Oc2ccc(F)cc2)n1-c1ccccc1)C(=O)NC1CCCCC1. The van der Waals surface area contributed by atoms with Gasteiger partial charge in [0, 0.05) is 11.7 Å². The standard InChI is InChI=1S/C25H29FN4O2S/c1-17(32-22-15-13-19(26)14-16-22)23-28-29-25(30(23)21-11-7-4-8-12-21)33-18(2)24(31)27-20-9-5-3-6-10-20/h4,7-8,11-18,20H,3,5-6,9-10H2,1-2H3,(H,27,31). The van der Waals surface area contributed by atoms with Gasteiger partial charge in [0.2, 0.25) is 5.91 Å². The van der Waals surface area contributed by atoms with Crippen LogP contribution < -0.4 is 10.1 Å². The molecule has 2 atom stereocenters. The largest absolute Gasteiger partial charge is 0.483 e. The monoisotopic (exact) mass is 468 g/mol. The summed E-state index contributed by atoms with van der Waals surface area (Å²) < 4.78 is 21.2. The highest BCUT2D eigenvalue weighted by atomic mass is 32.2. The maximum Gasteiger partial charge on any atom is 0.233 e. The summed E-state index contributed by atoms with van der Waals surface area (Å²) in [7, 11) is 0. The van der Waals surface area contributed by atoms with Gasteiger partial charge in [0.15, 0.2) is 17.1 Å². The quantitative estimate of drug-likeness (QED) is 0.444. The summed E-state index contributed by atoms with van der Waals surface area (Å²) in [6.45, 7) is 3.77. The average molecular weight is 469 g/mol. The Morgan fingerprint density at radius 1 is 1.06 bits per heavy atom. The number of para-hydroxylation sites is 1. The fraction of sp³-hybridized carbons (Fsp3) is 0.400. The Morgan fingerprint density at radius 2 is 1.76 bits per heavy atom. The highest BCUT2D eigenvalue weighted by Gasteiger charge is 2.26. The molecule has 8 heteroatoms. The van der Waals surface area contributed by atoms with E-state index in [0.29, 0.717) is 16.7 Å². The molecule has 0 aliphatic heterocycles. The number of rotatable bonds is 8. The minimum atomic E-state index is -0.441. The van der Waals surface area contributed by atoms with Gasteiger partial charge in [-0.25, -0.2) is 4.39 Å². The fourth-order valence-corrected chi connectivity index (χ4v) is 4.87. The lowest BCUT2D eigenvalue weighted by atomic mass is 9.95. The molecule has 1 aliphatic carbocycles. The smallest absolute Gasteiger partial charge is 0.233 e. The van der Waals surface area contributed by atoms with Crippen molar-refractivity contribution in [2.45, 2.75) is 68.5 Å². The van der Waals surface area contributed by atoms with E-state index in [2.05, 4.69) is 15.5 Å². The zero-order valence-corrected chi connectivity index (χ0v) is 19.7. The molecular weight excluding hydrogens is 439 g/mol. The van der Waals surface area contributed by atoms with E-state index in [0.717, 1.165) is 18.5 Å². The highest BCUT2D eigenvalue weighted by Crippen LogP contribution is 2.30. The number of hydrogen-bond donors (Lipinski definition) is 1. The molecule has 1 N–H and O–H groups in total. The first kappa shape index (κ1) is 23.3. The number of amides is 1. The summed E-state index contributed by atoms with van der Waals surface area (Å²) in [5.74, 6) is 0.849. The number of nitrogens with one attached hydrogen (secondary N) is 1. The average Bonchev–Trinajstić information content (AvgIpc) is 3.25. The summed E-state index contributed by atoms with van der Waals surface area (Å²) >= 11 is 1.38. The van der Waals surface area contributed by atoms with E-state index >= 15 is 0 Å². The van der Waals surface area contributed by atoms with Crippen LogP contribution in [0.15, 0.2) is 59.8 Å². The Kier molecular flexibility index (Phi) is 7.65. The molecule has 1 fully saturated rings. The van der Waals surface area contributed by atoms with Crippen molar-refractivity contribution >= 4 is 17.7 Å². The van der Waals surface area contributed by atoms with E-state index in [1.807, 2.05) is 48.7 Å². The van der Waals surface area contributed by atoms with Gasteiger partial charge in [0.25, 0.3) is 0 Å². The lowest BCUT2D eigenvalue weighted by Gasteiger charge is -2.24. The first-order valence-electron chi connectivity index (χ1n) is 11.4. The van der Waals surface area contributed by atoms with E-state index in [1.54, 1.807) is 12.1 Å². The van der Waals surface area contributed by atoms with Crippen molar-refractivity contribution in [3.05, 3.63) is 66.2 Å². The zero-order valence-electron chi connectivity index (χ0n) is 18.9. The summed E-state index contributed by atoms with van der Waals surface area (Å²) in [6, 6.07) is 15.9. The maximum absolute atomic E-state index is 13.3. The Morgan fingerprint density at radius 3 is 2.45 bits per heavy atom. The van der Waals surface area contributed by atoms with E-state index in [9.17, 15) is 9.18 Å². The molecule has 33 heavy (non-hydrogen) atoms. The molecule has 1 aromatic heterocycles. The van der Waals surface area contributed by atoms with Gasteiger partial charge in [-0.3, -0.25) is 9.36 Å². The van der Waals surface area contributed by atoms with Crippen molar-refractivity contribution in [2.24, 2.45) is 0 Å². The van der Waals surface area contributed by atoms with Gasteiger partial charge in [-0.15, -0.1) is 10.2 Å². The molecule has 174 valence electrons. The first-order valence-corrected chi connectivity index (χ1v) is 12.3. The zero-order chi connectivity index (χ0) is 23.2. The molecule has 2 aromatic carbocycles. The van der Waals surface area contributed by atoms with Gasteiger partial charge < -0.3 is 10.1 Å². The van der Waals surface area contributed by atoms with Gasteiger partial charge in [0.05, 0.1) is 5.25 Å². The number of ether oxygens (including phenoxy) is 1. The van der Waals surface area contributed by atoms with Crippen molar-refractivity contribution in [2.75, 3.05) is 0 Å². The summed E-state index contributed by atoms with van der Waals surface area (Å²) in [6.07, 6.45) is 5.24. The van der Waals surface area contributed by atoms with Gasteiger partial charge in [-0.2, -0.15) is 0 Å². The molecule has 2 unspecified atom stereocenters. The van der Waals surface area contributed by atoms with Crippen molar-refractivity contribution < 1.29 is 13.9 Å². The predicted octanol–water partition coefficient (Wildman–Crippen LogP) is 5.48. The van der Waals surface area contributed by atoms with E-state index in [4.69, 9.17) is 4.74 Å². The topological polar surface area (TPSA) is 69.0 Å². The van der Waals surface area contributed by atoms with Gasteiger partial charge in [-0.1, -0.05) is 49.2 Å². The van der Waals surface area contributed by atoms with Crippen LogP contribution in [0.1, 0.15) is 57.9 Å². The number of thioether (sulfide) groups is 1. The normalized spacial score (nSPS) is 16.2. The van der Waals surface area contributed by atoms with E-state index < -0.39 is 6.10 Å². The van der Waals surface area contributed by atoms with Crippen molar-refractivity contribution in [3.63, 3.8) is 0 Å². The van der Waals surface area contributed by atoms with Crippen LogP contribution in [0.5, 0.6) is 5.75 Å². The molecule has 1 amide bonds. The number of halogens is 1. The predicted molar refractivity (Wildman–Crippen MR) is 127 cm³/mol. The fourth-order valence-electron chi connectivity index (χ4n) is 3.99. The number of carbonyl (C=O) groups excluding carboxylic acids is 1. The minimum absolute atomic E-state index is 0.0201. The van der Waals surface area contributed by atoms with Crippen LogP contribution >= 0.6 is 11.8 Å². The second-order valence-electron chi connectivity index (χ2n) is 8.33. The molecule has 0 saturated heterocycles. The van der Waals surface area contributed by atoms with Crippen LogP contribution in [0.25, 0.3) is 5.69 Å². The number of benzene rings is 2. The third-order valence-electron chi connectivity index (χ3n) is 5.77. The van der Waals surface area contributed by atoms with Gasteiger partial charge in [-0.05, 0) is 63.1 Å². The molecule has 4 rings (SSSR count). The third-order valence-corrected chi connectivity index (χ3v) is 6.81. The Bertz CT molecular complexity index is 1050. The van der Waals surface area contributed by atoms with E-state index in [-0.39, 0.29) is 23.0 Å². The first-order chi connectivity index (χ1) is 16.0. The summed E-state index contributed by atoms with van der Waals surface area (Å²) in [4.78, 5) is 12.8. The molecule has 0 spiro atoms. The van der Waals surface area contributed by atoms with Crippen LogP contribution in [0.2, 0.25) is 0 Å². The van der Waals surface area contributed by atoms with Gasteiger partial charge >= 0.3 is 0 Å². The number of aromatic nitrogens is 3. The number of nitrogens with zero attached hydrogens (tertiary/aromatic N) is 3. The molecular formula is C25H29FN4O2S. The molecule has 1 saturated carbocycles. The third kappa shape index (κ3) is 5.93. The Labute approximate surface area is 197 Å². The molecule has 1 heterocycles. The Hall–Kier alpha value is -2.87. The summed E-state index contributed by atoms with van der Waals surface area (Å²) in [5.41, 5.74) is 0.884. The lowest BCUT2D eigenvalue weighted by molar-refractivity contribution is -0.121. The summed E-state index contributed by atoms with van der Waals surface area (Å²) in [5, 5.41) is 12.3. The van der Waals surface area contributed by atoms with E-state index in [1.165, 1.54) is 43.2 Å². The van der Waals surface area contributed by atoms with Crippen molar-refractivity contribution in [1.82, 2.24) is 20.1 Å². The molecule has 6 nitrogen and oxygen atoms in total. The molecule has 0 bridgehead atoms. The highest BCUT2D eigenvalue weighted by molar-refractivity contribution is 8.00. The second-order valence-corrected chi connectivity index (χ2v) is 9.64. The van der Waals surface area contributed by atoms with Crippen LogP contribution in [-0.4, -0.2) is 32.0 Å². The van der Waals surface area contributed by atoms with Crippen LogP contribution in [-0.2, 0) is 4.79 Å². The second kappa shape index (κ2) is 10.8. The van der Waals surface area contributed by atoms with Crippen LogP contribution in [0.3, 0.4) is 0 Å². The van der Waals surface area contributed by atoms with Crippen molar-refractivity contribution in [3.8, 4) is 11.4 Å². The van der Waals surface area contributed by atoms with Crippen molar-refractivity contribution in [1.29, 1.82) is 0 Å². The number of carbonyl (C=O) groups is 1. The maximum atomic E-state index is 13.3. The minimum Gasteiger partial charge on any atom is -0.483 e.